The van der Waals surface area contributed by atoms with Gasteiger partial charge in [-0.15, -0.1) is 22.7 Å². The van der Waals surface area contributed by atoms with E-state index in [4.69, 9.17) is 0 Å². The third-order valence-corrected chi connectivity index (χ3v) is 5.94. The molecule has 21 heavy (non-hydrogen) atoms. The molecule has 0 saturated carbocycles. The molecule has 0 bridgehead atoms. The normalized spacial score (nSPS) is 12.1. The molecule has 3 aromatic rings. The Morgan fingerprint density at radius 3 is 2.81 bits per heavy atom. The minimum Gasteiger partial charge on any atom is -0.371 e. The van der Waals surface area contributed by atoms with Crippen molar-refractivity contribution < 1.29 is 8.42 Å². The first kappa shape index (κ1) is 14.4. The van der Waals surface area contributed by atoms with Gasteiger partial charge < -0.3 is 5.32 Å². The minimum absolute atomic E-state index is 0.120. The zero-order chi connectivity index (χ0) is 15.0. The van der Waals surface area contributed by atoms with Gasteiger partial charge in [-0.05, 0) is 6.92 Å². The van der Waals surface area contributed by atoms with Gasteiger partial charge in [0.05, 0.1) is 6.54 Å². The number of hydrogen-bond donors (Lipinski definition) is 2. The number of imidazole rings is 1. The van der Waals surface area contributed by atoms with Gasteiger partial charge in [0, 0.05) is 29.7 Å². The van der Waals surface area contributed by atoms with Gasteiger partial charge in [0.2, 0.25) is 0 Å². The molecule has 0 radical (unpaired) electrons. The highest BCUT2D eigenvalue weighted by atomic mass is 32.2. The molecule has 3 rings (SSSR count). The van der Waals surface area contributed by atoms with Crippen molar-refractivity contribution in [2.24, 2.45) is 0 Å². The fourth-order valence-corrected chi connectivity index (χ4v) is 4.74. The van der Waals surface area contributed by atoms with Gasteiger partial charge in [-0.25, -0.2) is 23.1 Å². The summed E-state index contributed by atoms with van der Waals surface area (Å²) in [5.74, 6) is 0.338. The lowest BCUT2D eigenvalue weighted by Crippen LogP contribution is -2.25. The van der Waals surface area contributed by atoms with E-state index in [-0.39, 0.29) is 11.6 Å². The maximum absolute atomic E-state index is 12.5. The second-order valence-electron chi connectivity index (χ2n) is 4.28. The van der Waals surface area contributed by atoms with Crippen LogP contribution in [0.4, 0.5) is 5.82 Å². The van der Waals surface area contributed by atoms with Crippen molar-refractivity contribution >= 4 is 43.5 Å². The van der Waals surface area contributed by atoms with Crippen LogP contribution < -0.4 is 10.0 Å². The number of nitrogens with zero attached hydrogens (tertiary/aromatic N) is 3. The summed E-state index contributed by atoms with van der Waals surface area (Å²) in [7, 11) is -2.04. The van der Waals surface area contributed by atoms with Crippen molar-refractivity contribution in [2.45, 2.75) is 18.5 Å². The molecule has 0 amide bonds. The Labute approximate surface area is 129 Å². The quantitative estimate of drug-likeness (QED) is 0.736. The predicted octanol–water partition coefficient (Wildman–Crippen LogP) is 1.68. The van der Waals surface area contributed by atoms with Crippen LogP contribution in [0.15, 0.2) is 22.0 Å². The van der Waals surface area contributed by atoms with E-state index in [9.17, 15) is 8.42 Å². The average molecular weight is 343 g/mol. The van der Waals surface area contributed by atoms with Crippen molar-refractivity contribution in [1.29, 1.82) is 0 Å². The van der Waals surface area contributed by atoms with E-state index < -0.39 is 10.0 Å². The van der Waals surface area contributed by atoms with Gasteiger partial charge in [-0.2, -0.15) is 0 Å². The van der Waals surface area contributed by atoms with E-state index in [2.05, 4.69) is 20.0 Å². The molecule has 3 heterocycles. The second-order valence-corrected chi connectivity index (χ2v) is 7.78. The molecule has 0 fully saturated rings. The Morgan fingerprint density at radius 1 is 1.33 bits per heavy atom. The molecular weight excluding hydrogens is 330 g/mol. The van der Waals surface area contributed by atoms with Crippen LogP contribution in [0.5, 0.6) is 0 Å². The minimum atomic E-state index is -3.68. The Balaban J connectivity index is 1.94. The number of thiazole rings is 2. The first-order valence-corrected chi connectivity index (χ1v) is 9.29. The number of aromatic nitrogens is 3. The molecule has 0 aliphatic carbocycles. The maximum atomic E-state index is 12.5. The smallest absolute Gasteiger partial charge is 0.260 e. The van der Waals surface area contributed by atoms with Crippen LogP contribution in [0.3, 0.4) is 0 Å². The molecule has 7 nitrogen and oxygen atoms in total. The van der Waals surface area contributed by atoms with Crippen LogP contribution in [-0.2, 0) is 16.6 Å². The van der Waals surface area contributed by atoms with Crippen molar-refractivity contribution in [3.8, 4) is 0 Å². The summed E-state index contributed by atoms with van der Waals surface area (Å²) in [6.07, 6.45) is 1.69. The van der Waals surface area contributed by atoms with E-state index in [1.54, 1.807) is 23.0 Å². The van der Waals surface area contributed by atoms with E-state index >= 15 is 0 Å². The molecule has 0 aliphatic rings. The second kappa shape index (κ2) is 5.37. The highest BCUT2D eigenvalue weighted by Gasteiger charge is 2.25. The van der Waals surface area contributed by atoms with Gasteiger partial charge in [0.15, 0.2) is 15.8 Å². The van der Waals surface area contributed by atoms with Crippen molar-refractivity contribution in [3.05, 3.63) is 27.7 Å². The Morgan fingerprint density at radius 2 is 2.14 bits per heavy atom. The summed E-state index contributed by atoms with van der Waals surface area (Å²) in [6.45, 7) is 2.04. The van der Waals surface area contributed by atoms with Crippen LogP contribution in [0.1, 0.15) is 10.7 Å². The zero-order valence-electron chi connectivity index (χ0n) is 11.3. The Hall–Kier alpha value is -1.49. The summed E-state index contributed by atoms with van der Waals surface area (Å²) >= 11 is 2.81. The van der Waals surface area contributed by atoms with Crippen molar-refractivity contribution in [1.82, 2.24) is 19.1 Å². The number of sulfonamides is 1. The van der Waals surface area contributed by atoms with Gasteiger partial charge in [-0.3, -0.25) is 4.40 Å². The molecular formula is C11H13N5O2S3. The topological polar surface area (TPSA) is 88.4 Å². The molecule has 0 aliphatic heterocycles. The fourth-order valence-electron chi connectivity index (χ4n) is 1.89. The van der Waals surface area contributed by atoms with Crippen molar-refractivity contribution in [3.63, 3.8) is 0 Å². The number of fused-ring (bicyclic) bond motifs is 1. The Kier molecular flexibility index (Phi) is 3.69. The van der Waals surface area contributed by atoms with E-state index in [0.717, 1.165) is 10.7 Å². The molecule has 10 heteroatoms. The van der Waals surface area contributed by atoms with E-state index in [1.165, 1.54) is 22.7 Å². The summed E-state index contributed by atoms with van der Waals surface area (Å²) in [5, 5.41) is 7.36. The van der Waals surface area contributed by atoms with Crippen LogP contribution in [-0.4, -0.2) is 29.8 Å². The summed E-state index contributed by atoms with van der Waals surface area (Å²) in [5.41, 5.74) is 0.884. The van der Waals surface area contributed by atoms with Gasteiger partial charge in [0.25, 0.3) is 10.0 Å². The SMILES string of the molecule is CNc1nc2sccn2c1S(=O)(=O)NCc1nc(C)cs1. The highest BCUT2D eigenvalue weighted by molar-refractivity contribution is 7.89. The van der Waals surface area contributed by atoms with E-state index in [0.29, 0.717) is 10.8 Å². The van der Waals surface area contributed by atoms with Crippen LogP contribution >= 0.6 is 22.7 Å². The lowest BCUT2D eigenvalue weighted by atomic mass is 10.6. The summed E-state index contributed by atoms with van der Waals surface area (Å²) < 4.78 is 29.2. The van der Waals surface area contributed by atoms with Gasteiger partial charge in [0.1, 0.15) is 5.01 Å². The number of hydrogen-bond acceptors (Lipinski definition) is 7. The molecule has 0 aromatic carbocycles. The molecule has 112 valence electrons. The highest BCUT2D eigenvalue weighted by Crippen LogP contribution is 2.25. The largest absolute Gasteiger partial charge is 0.371 e. The predicted molar refractivity (Wildman–Crippen MR) is 83.5 cm³/mol. The zero-order valence-corrected chi connectivity index (χ0v) is 13.8. The molecule has 3 aromatic heterocycles. The lowest BCUT2D eigenvalue weighted by molar-refractivity contribution is 0.576. The van der Waals surface area contributed by atoms with Crippen molar-refractivity contribution in [2.75, 3.05) is 12.4 Å². The fraction of sp³-hybridized carbons (Fsp3) is 0.273. The van der Waals surface area contributed by atoms with E-state index in [1.807, 2.05) is 12.3 Å². The number of nitrogens with one attached hydrogen (secondary N) is 2. The third-order valence-electron chi connectivity index (χ3n) is 2.79. The Bertz CT molecular complexity index is 877. The number of anilines is 1. The molecule has 0 saturated heterocycles. The monoisotopic (exact) mass is 343 g/mol. The number of aryl methyl sites for hydroxylation is 1. The maximum Gasteiger partial charge on any atom is 0.260 e. The average Bonchev–Trinajstić information content (AvgIpc) is 3.10. The van der Waals surface area contributed by atoms with Gasteiger partial charge >= 0.3 is 0 Å². The van der Waals surface area contributed by atoms with Crippen LogP contribution in [0.25, 0.3) is 4.96 Å². The lowest BCUT2D eigenvalue weighted by Gasteiger charge is -2.06. The molecule has 2 N–H and O–H groups in total. The van der Waals surface area contributed by atoms with Crippen LogP contribution in [0, 0.1) is 6.92 Å². The molecule has 0 spiro atoms. The first-order valence-electron chi connectivity index (χ1n) is 6.05. The van der Waals surface area contributed by atoms with Gasteiger partial charge in [-0.1, -0.05) is 0 Å². The third kappa shape index (κ3) is 2.67. The summed E-state index contributed by atoms with van der Waals surface area (Å²) in [4.78, 5) is 9.13. The summed E-state index contributed by atoms with van der Waals surface area (Å²) in [6, 6.07) is 0. The molecule has 0 unspecified atom stereocenters. The standard InChI is InChI=1S/C11H13N5O2S3/c1-7-6-20-8(14-7)5-13-21(17,18)10-9(12-2)15-11-16(10)3-4-19-11/h3-4,6,12-13H,5H2,1-2H3. The molecule has 0 atom stereocenters. The first-order chi connectivity index (χ1) is 10.0. The van der Waals surface area contributed by atoms with Crippen LogP contribution in [0.2, 0.25) is 0 Å². The number of rotatable bonds is 5.